The van der Waals surface area contributed by atoms with Crippen LogP contribution in [0.3, 0.4) is 0 Å². The van der Waals surface area contributed by atoms with Gasteiger partial charge in [-0.05, 0) is 37.3 Å². The highest BCUT2D eigenvalue weighted by molar-refractivity contribution is 6.00. The summed E-state index contributed by atoms with van der Waals surface area (Å²) < 4.78 is 12.0. The summed E-state index contributed by atoms with van der Waals surface area (Å²) in [5, 5.41) is 11.4. The molecule has 0 spiro atoms. The summed E-state index contributed by atoms with van der Waals surface area (Å²) in [6.45, 7) is 5.77. The number of aromatic nitrogens is 2. The molecular formula is C21H27N3O5. The number of aromatic hydroxyl groups is 1. The zero-order valence-electron chi connectivity index (χ0n) is 16.7. The first kappa shape index (κ1) is 19.8. The van der Waals surface area contributed by atoms with Crippen molar-refractivity contribution < 1.29 is 19.4 Å². The molecule has 29 heavy (non-hydrogen) atoms. The van der Waals surface area contributed by atoms with Crippen molar-refractivity contribution in [3.05, 3.63) is 33.7 Å². The number of rotatable bonds is 6. The van der Waals surface area contributed by atoms with E-state index in [0.717, 1.165) is 37.9 Å². The van der Waals surface area contributed by atoms with Gasteiger partial charge in [-0.15, -0.1) is 0 Å². The second-order valence-corrected chi connectivity index (χ2v) is 7.58. The topological polar surface area (TPSA) is 93.9 Å². The minimum absolute atomic E-state index is 0.131. The van der Waals surface area contributed by atoms with Gasteiger partial charge in [0.2, 0.25) is 0 Å². The van der Waals surface area contributed by atoms with Crippen molar-refractivity contribution in [1.82, 2.24) is 14.5 Å². The molecule has 1 saturated carbocycles. The molecule has 4 rings (SSSR count). The first-order chi connectivity index (χ1) is 14.1. The first-order valence-electron chi connectivity index (χ1n) is 10.3. The van der Waals surface area contributed by atoms with E-state index >= 15 is 0 Å². The molecule has 0 unspecified atom stereocenters. The Hall–Kier alpha value is -2.45. The number of esters is 1. The predicted molar refractivity (Wildman–Crippen MR) is 107 cm³/mol. The Kier molecular flexibility index (Phi) is 5.82. The molecule has 3 heterocycles. The first-order valence-corrected chi connectivity index (χ1v) is 10.3. The smallest absolute Gasteiger partial charge is 0.347 e. The lowest BCUT2D eigenvalue weighted by molar-refractivity contribution is 0.0364. The van der Waals surface area contributed by atoms with E-state index in [1.165, 1.54) is 4.57 Å². The summed E-state index contributed by atoms with van der Waals surface area (Å²) in [4.78, 5) is 32.3. The molecule has 1 aliphatic carbocycles. The van der Waals surface area contributed by atoms with Crippen LogP contribution < -0.4 is 5.56 Å². The highest BCUT2D eigenvalue weighted by Gasteiger charge is 2.29. The van der Waals surface area contributed by atoms with Gasteiger partial charge in [-0.25, -0.2) is 9.78 Å². The molecule has 2 aliphatic rings. The van der Waals surface area contributed by atoms with Gasteiger partial charge in [0, 0.05) is 32.4 Å². The minimum atomic E-state index is -0.791. The van der Waals surface area contributed by atoms with Gasteiger partial charge in [-0.2, -0.15) is 0 Å². The van der Waals surface area contributed by atoms with Crippen molar-refractivity contribution in [1.29, 1.82) is 0 Å². The lowest BCUT2D eigenvalue weighted by Crippen LogP contribution is -2.40. The number of hydrogen-bond acceptors (Lipinski definition) is 7. The van der Waals surface area contributed by atoms with E-state index in [2.05, 4.69) is 9.88 Å². The number of pyridine rings is 2. The van der Waals surface area contributed by atoms with Crippen LogP contribution in [0.25, 0.3) is 11.0 Å². The normalized spacial score (nSPS) is 18.0. The quantitative estimate of drug-likeness (QED) is 0.739. The van der Waals surface area contributed by atoms with Crippen LogP contribution in [0.15, 0.2) is 17.1 Å². The maximum Gasteiger partial charge on any atom is 0.347 e. The molecule has 0 radical (unpaired) electrons. The molecule has 2 aromatic heterocycles. The number of morpholine rings is 1. The largest absolute Gasteiger partial charge is 0.506 e. The van der Waals surface area contributed by atoms with Gasteiger partial charge in [-0.1, -0.05) is 6.42 Å². The van der Waals surface area contributed by atoms with Gasteiger partial charge >= 0.3 is 5.97 Å². The van der Waals surface area contributed by atoms with Gasteiger partial charge < -0.3 is 14.6 Å². The fourth-order valence-corrected chi connectivity index (χ4v) is 4.09. The van der Waals surface area contributed by atoms with Crippen LogP contribution in [-0.2, 0) is 16.0 Å². The molecule has 1 aliphatic heterocycles. The summed E-state index contributed by atoms with van der Waals surface area (Å²) >= 11 is 0. The highest BCUT2D eigenvalue weighted by Crippen LogP contribution is 2.42. The molecule has 156 valence electrons. The van der Waals surface area contributed by atoms with Gasteiger partial charge in [0.05, 0.1) is 25.2 Å². The highest BCUT2D eigenvalue weighted by atomic mass is 16.5. The molecule has 8 heteroatoms. The van der Waals surface area contributed by atoms with Crippen LogP contribution in [0.2, 0.25) is 0 Å². The summed E-state index contributed by atoms with van der Waals surface area (Å²) in [5.74, 6) is -0.784. The Labute approximate surface area is 169 Å². The van der Waals surface area contributed by atoms with Crippen LogP contribution in [0.1, 0.15) is 48.0 Å². The van der Waals surface area contributed by atoms with E-state index in [0.29, 0.717) is 43.3 Å². The molecule has 0 amide bonds. The third-order valence-electron chi connectivity index (χ3n) is 5.92. The molecule has 1 N–H and O–H groups in total. The molecule has 0 bridgehead atoms. The average molecular weight is 401 g/mol. The van der Waals surface area contributed by atoms with E-state index in [1.807, 2.05) is 6.07 Å². The average Bonchev–Trinajstić information content (AvgIpc) is 2.67. The molecule has 2 aromatic rings. The van der Waals surface area contributed by atoms with Gasteiger partial charge in [0.15, 0.2) is 5.56 Å². The Morgan fingerprint density at radius 1 is 1.31 bits per heavy atom. The molecule has 0 atom stereocenters. The molecule has 8 nitrogen and oxygen atoms in total. The van der Waals surface area contributed by atoms with Crippen molar-refractivity contribution in [3.8, 4) is 5.75 Å². The third-order valence-corrected chi connectivity index (χ3v) is 5.92. The van der Waals surface area contributed by atoms with Crippen molar-refractivity contribution in [2.45, 2.75) is 38.6 Å². The number of nitrogens with zero attached hydrogens (tertiary/aromatic N) is 3. The Morgan fingerprint density at radius 2 is 2.07 bits per heavy atom. The van der Waals surface area contributed by atoms with Gasteiger partial charge in [0.1, 0.15) is 11.4 Å². The lowest BCUT2D eigenvalue weighted by Gasteiger charge is -2.28. The number of fused-ring (bicyclic) bond motifs is 1. The van der Waals surface area contributed by atoms with E-state index in [4.69, 9.17) is 9.47 Å². The maximum absolute atomic E-state index is 13.2. The fourth-order valence-electron chi connectivity index (χ4n) is 4.09. The number of carbonyl (C=O) groups excluding carboxylic acids is 1. The fraction of sp³-hybridized carbons (Fsp3) is 0.571. The maximum atomic E-state index is 13.2. The number of hydrogen-bond donors (Lipinski definition) is 1. The summed E-state index contributed by atoms with van der Waals surface area (Å²) in [5.41, 5.74) is 0.525. The summed E-state index contributed by atoms with van der Waals surface area (Å²) in [6.07, 6.45) is 4.88. The summed E-state index contributed by atoms with van der Waals surface area (Å²) in [7, 11) is 0. The second kappa shape index (κ2) is 8.51. The van der Waals surface area contributed by atoms with Gasteiger partial charge in [-0.3, -0.25) is 14.3 Å². The second-order valence-electron chi connectivity index (χ2n) is 7.58. The van der Waals surface area contributed by atoms with E-state index in [-0.39, 0.29) is 17.9 Å². The Balaban J connectivity index is 1.83. The Bertz CT molecular complexity index is 961. The molecule has 2 fully saturated rings. The SMILES string of the molecule is CCOC(=O)c1c(O)c2c(C3CCC3)ccnc2n(CCN2CCOCC2)c1=O. The van der Waals surface area contributed by atoms with Crippen molar-refractivity contribution in [3.63, 3.8) is 0 Å². The van der Waals surface area contributed by atoms with Gasteiger partial charge in [0.25, 0.3) is 5.56 Å². The Morgan fingerprint density at radius 3 is 2.72 bits per heavy atom. The third kappa shape index (κ3) is 3.74. The number of ether oxygens (including phenoxy) is 2. The van der Waals surface area contributed by atoms with E-state index in [1.54, 1.807) is 13.1 Å². The van der Waals surface area contributed by atoms with Crippen LogP contribution in [0.4, 0.5) is 0 Å². The zero-order valence-corrected chi connectivity index (χ0v) is 16.7. The molecular weight excluding hydrogens is 374 g/mol. The van der Waals surface area contributed by atoms with E-state index in [9.17, 15) is 14.7 Å². The predicted octanol–water partition coefficient (Wildman–Crippen LogP) is 1.88. The van der Waals surface area contributed by atoms with E-state index < -0.39 is 11.5 Å². The minimum Gasteiger partial charge on any atom is -0.506 e. The molecule has 1 saturated heterocycles. The zero-order chi connectivity index (χ0) is 20.4. The van der Waals surface area contributed by atoms with Crippen LogP contribution in [-0.4, -0.2) is 65.0 Å². The standard InChI is InChI=1S/C21H27N3O5/c1-2-29-21(27)17-18(25)16-15(14-4-3-5-14)6-7-22-19(16)24(20(17)26)9-8-23-10-12-28-13-11-23/h6-7,14,25H,2-5,8-13H2,1H3. The van der Waals surface area contributed by atoms with Crippen LogP contribution in [0.5, 0.6) is 5.75 Å². The monoisotopic (exact) mass is 401 g/mol. The van der Waals surface area contributed by atoms with Crippen molar-refractivity contribution in [2.24, 2.45) is 0 Å². The summed E-state index contributed by atoms with van der Waals surface area (Å²) in [6, 6.07) is 1.89. The number of carbonyl (C=O) groups is 1. The van der Waals surface area contributed by atoms with Crippen LogP contribution in [0, 0.1) is 0 Å². The molecule has 0 aromatic carbocycles. The van der Waals surface area contributed by atoms with Crippen molar-refractivity contribution >= 4 is 17.0 Å². The van der Waals surface area contributed by atoms with Crippen molar-refractivity contribution in [2.75, 3.05) is 39.5 Å². The lowest BCUT2D eigenvalue weighted by atomic mass is 9.79. The van der Waals surface area contributed by atoms with Crippen LogP contribution >= 0.6 is 0 Å².